The summed E-state index contributed by atoms with van der Waals surface area (Å²) in [7, 11) is 0. The first-order valence-corrected chi connectivity index (χ1v) is 7.30. The van der Waals surface area contributed by atoms with Gasteiger partial charge in [-0.25, -0.2) is 14.6 Å². The number of hydrogen-bond donors (Lipinski definition) is 3. The Morgan fingerprint density at radius 3 is 2.52 bits per heavy atom. The second kappa shape index (κ2) is 7.98. The predicted octanol–water partition coefficient (Wildman–Crippen LogP) is 2.83. The van der Waals surface area contributed by atoms with E-state index >= 15 is 0 Å². The molecule has 0 radical (unpaired) electrons. The molecule has 0 atom stereocenters. The summed E-state index contributed by atoms with van der Waals surface area (Å²) >= 11 is 0. The Bertz CT molecular complexity index is 667. The van der Waals surface area contributed by atoms with Gasteiger partial charge in [0.2, 0.25) is 0 Å². The smallest absolute Gasteiger partial charge is 0.333 e. The SMILES string of the molecule is CCCCNC(=O)NNC(=O)c1ccc(-c2ccc(F)cc2)o1. The van der Waals surface area contributed by atoms with Crippen LogP contribution in [0.2, 0.25) is 0 Å². The molecule has 7 heteroatoms. The average Bonchev–Trinajstić information content (AvgIpc) is 3.03. The molecular weight excluding hydrogens is 301 g/mol. The molecule has 0 fully saturated rings. The second-order valence-electron chi connectivity index (χ2n) is 4.86. The van der Waals surface area contributed by atoms with E-state index in [1.165, 1.54) is 18.2 Å². The van der Waals surface area contributed by atoms with Crippen LogP contribution in [0.25, 0.3) is 11.3 Å². The molecule has 3 amide bonds. The maximum absolute atomic E-state index is 12.9. The van der Waals surface area contributed by atoms with Crippen LogP contribution in [0.5, 0.6) is 0 Å². The van der Waals surface area contributed by atoms with Crippen LogP contribution in [0.4, 0.5) is 9.18 Å². The van der Waals surface area contributed by atoms with Crippen molar-refractivity contribution in [3.8, 4) is 11.3 Å². The van der Waals surface area contributed by atoms with Gasteiger partial charge in [-0.1, -0.05) is 13.3 Å². The first-order valence-electron chi connectivity index (χ1n) is 7.30. The van der Waals surface area contributed by atoms with Gasteiger partial charge in [-0.15, -0.1) is 0 Å². The van der Waals surface area contributed by atoms with Crippen LogP contribution in [-0.4, -0.2) is 18.5 Å². The molecule has 0 aliphatic heterocycles. The molecule has 2 rings (SSSR count). The zero-order valence-corrected chi connectivity index (χ0v) is 12.7. The van der Waals surface area contributed by atoms with Gasteiger partial charge in [-0.2, -0.15) is 0 Å². The molecule has 6 nitrogen and oxygen atoms in total. The Morgan fingerprint density at radius 1 is 1.09 bits per heavy atom. The van der Waals surface area contributed by atoms with Gasteiger partial charge in [-0.3, -0.25) is 10.2 Å². The van der Waals surface area contributed by atoms with Crippen LogP contribution in [0, 0.1) is 5.82 Å². The molecule has 1 aromatic carbocycles. The van der Waals surface area contributed by atoms with Gasteiger partial charge >= 0.3 is 11.9 Å². The van der Waals surface area contributed by atoms with Crippen LogP contribution >= 0.6 is 0 Å². The summed E-state index contributed by atoms with van der Waals surface area (Å²) in [4.78, 5) is 23.3. The van der Waals surface area contributed by atoms with Crippen molar-refractivity contribution in [2.24, 2.45) is 0 Å². The number of hydrazine groups is 1. The van der Waals surface area contributed by atoms with Crippen LogP contribution in [0.1, 0.15) is 30.3 Å². The lowest BCUT2D eigenvalue weighted by Gasteiger charge is -2.07. The molecule has 3 N–H and O–H groups in total. The highest BCUT2D eigenvalue weighted by Gasteiger charge is 2.13. The van der Waals surface area contributed by atoms with Crippen molar-refractivity contribution in [1.82, 2.24) is 16.2 Å². The van der Waals surface area contributed by atoms with Crippen molar-refractivity contribution in [3.63, 3.8) is 0 Å². The third kappa shape index (κ3) is 4.84. The minimum atomic E-state index is -0.580. The van der Waals surface area contributed by atoms with Crippen LogP contribution in [0.15, 0.2) is 40.8 Å². The summed E-state index contributed by atoms with van der Waals surface area (Å²) in [6.07, 6.45) is 1.83. The van der Waals surface area contributed by atoms with Crippen LogP contribution in [0.3, 0.4) is 0 Å². The first kappa shape index (κ1) is 16.5. The molecule has 0 bridgehead atoms. The van der Waals surface area contributed by atoms with Crippen LogP contribution in [-0.2, 0) is 0 Å². The maximum atomic E-state index is 12.9. The first-order chi connectivity index (χ1) is 11.1. The van der Waals surface area contributed by atoms with E-state index in [0.29, 0.717) is 17.9 Å². The minimum absolute atomic E-state index is 0.0400. The number of carbonyl (C=O) groups excluding carboxylic acids is 2. The minimum Gasteiger partial charge on any atom is -0.451 e. The number of urea groups is 1. The largest absolute Gasteiger partial charge is 0.451 e. The van der Waals surface area contributed by atoms with Crippen molar-refractivity contribution in [2.45, 2.75) is 19.8 Å². The van der Waals surface area contributed by atoms with E-state index < -0.39 is 11.9 Å². The number of hydrogen-bond acceptors (Lipinski definition) is 3. The van der Waals surface area contributed by atoms with Crippen molar-refractivity contribution in [3.05, 3.63) is 48.0 Å². The molecule has 1 heterocycles. The number of benzene rings is 1. The fourth-order valence-corrected chi connectivity index (χ4v) is 1.83. The van der Waals surface area contributed by atoms with E-state index in [1.807, 2.05) is 6.92 Å². The monoisotopic (exact) mass is 319 g/mol. The summed E-state index contributed by atoms with van der Waals surface area (Å²) in [6.45, 7) is 2.55. The van der Waals surface area contributed by atoms with Gasteiger partial charge in [0.1, 0.15) is 11.6 Å². The third-order valence-electron chi connectivity index (χ3n) is 3.06. The number of furan rings is 1. The molecule has 0 saturated carbocycles. The molecular formula is C16H18FN3O3. The zero-order chi connectivity index (χ0) is 16.7. The number of halogens is 1. The molecule has 0 aliphatic carbocycles. The molecule has 0 aliphatic rings. The number of rotatable bonds is 5. The quantitative estimate of drug-likeness (QED) is 0.585. The van der Waals surface area contributed by atoms with Gasteiger partial charge in [0.15, 0.2) is 5.76 Å². The van der Waals surface area contributed by atoms with Crippen molar-refractivity contribution < 1.29 is 18.4 Å². The predicted molar refractivity (Wildman–Crippen MR) is 83.0 cm³/mol. The topological polar surface area (TPSA) is 83.4 Å². The van der Waals surface area contributed by atoms with E-state index in [2.05, 4.69) is 16.2 Å². The highest BCUT2D eigenvalue weighted by atomic mass is 19.1. The van der Waals surface area contributed by atoms with E-state index in [-0.39, 0.29) is 11.6 Å². The van der Waals surface area contributed by atoms with E-state index in [1.54, 1.807) is 18.2 Å². The molecule has 1 aromatic heterocycles. The molecule has 23 heavy (non-hydrogen) atoms. The van der Waals surface area contributed by atoms with E-state index in [0.717, 1.165) is 12.8 Å². The lowest BCUT2D eigenvalue weighted by Crippen LogP contribution is -2.47. The van der Waals surface area contributed by atoms with Gasteiger partial charge in [0.05, 0.1) is 0 Å². The Hall–Kier alpha value is -2.83. The summed E-state index contributed by atoms with van der Waals surface area (Å²) < 4.78 is 18.3. The standard InChI is InChI=1S/C16H18FN3O3/c1-2-3-10-18-16(22)20-19-15(21)14-9-8-13(23-14)11-4-6-12(17)7-5-11/h4-9H,2-3,10H2,1H3,(H,19,21)(H2,18,20,22). The molecule has 2 aromatic rings. The maximum Gasteiger partial charge on any atom is 0.333 e. The summed E-state index contributed by atoms with van der Waals surface area (Å²) in [5.74, 6) is -0.457. The Balaban J connectivity index is 1.88. The van der Waals surface area contributed by atoms with Gasteiger partial charge in [0.25, 0.3) is 0 Å². The van der Waals surface area contributed by atoms with E-state index in [9.17, 15) is 14.0 Å². The number of amides is 3. The van der Waals surface area contributed by atoms with Crippen LogP contribution < -0.4 is 16.2 Å². The van der Waals surface area contributed by atoms with Crippen molar-refractivity contribution >= 4 is 11.9 Å². The fourth-order valence-electron chi connectivity index (χ4n) is 1.83. The Morgan fingerprint density at radius 2 is 1.83 bits per heavy atom. The van der Waals surface area contributed by atoms with Gasteiger partial charge in [-0.05, 0) is 42.8 Å². The van der Waals surface area contributed by atoms with Gasteiger partial charge in [0, 0.05) is 12.1 Å². The van der Waals surface area contributed by atoms with E-state index in [4.69, 9.17) is 4.42 Å². The third-order valence-corrected chi connectivity index (χ3v) is 3.06. The average molecular weight is 319 g/mol. The lowest BCUT2D eigenvalue weighted by molar-refractivity contribution is 0.0909. The summed E-state index contributed by atoms with van der Waals surface area (Å²) in [5, 5.41) is 2.60. The van der Waals surface area contributed by atoms with Crippen molar-refractivity contribution in [2.75, 3.05) is 6.54 Å². The summed E-state index contributed by atoms with van der Waals surface area (Å²) in [5.41, 5.74) is 5.13. The number of unbranched alkanes of at least 4 members (excludes halogenated alkanes) is 1. The fraction of sp³-hybridized carbons (Fsp3) is 0.250. The highest BCUT2D eigenvalue weighted by molar-refractivity contribution is 5.93. The zero-order valence-electron chi connectivity index (χ0n) is 12.7. The Labute approximate surface area is 133 Å². The molecule has 0 saturated heterocycles. The van der Waals surface area contributed by atoms with Crippen molar-refractivity contribution in [1.29, 1.82) is 0 Å². The molecule has 0 unspecified atom stereocenters. The number of carbonyl (C=O) groups is 2. The summed E-state index contributed by atoms with van der Waals surface area (Å²) in [6, 6.07) is 8.30. The second-order valence-corrected chi connectivity index (χ2v) is 4.86. The molecule has 122 valence electrons. The highest BCUT2D eigenvalue weighted by Crippen LogP contribution is 2.22. The molecule has 0 spiro atoms. The van der Waals surface area contributed by atoms with Gasteiger partial charge < -0.3 is 9.73 Å². The lowest BCUT2D eigenvalue weighted by atomic mass is 10.2. The Kier molecular flexibility index (Phi) is 5.74. The normalized spacial score (nSPS) is 10.2. The number of nitrogens with one attached hydrogen (secondary N) is 3.